The summed E-state index contributed by atoms with van der Waals surface area (Å²) in [5.41, 5.74) is 0.906. The van der Waals surface area contributed by atoms with E-state index in [9.17, 15) is 5.11 Å². The highest BCUT2D eigenvalue weighted by Gasteiger charge is 2.18. The maximum Gasteiger partial charge on any atom is 0.217 e. The van der Waals surface area contributed by atoms with Crippen LogP contribution in [-0.2, 0) is 11.8 Å². The molecule has 0 aliphatic rings. The van der Waals surface area contributed by atoms with Gasteiger partial charge in [-0.05, 0) is 23.6 Å². The van der Waals surface area contributed by atoms with Crippen LogP contribution >= 0.6 is 11.8 Å². The van der Waals surface area contributed by atoms with E-state index in [1.54, 1.807) is 17.8 Å². The zero-order valence-corrected chi connectivity index (χ0v) is 12.2. The summed E-state index contributed by atoms with van der Waals surface area (Å²) < 4.78 is 5.09. The van der Waals surface area contributed by atoms with Gasteiger partial charge in [-0.3, -0.25) is 0 Å². The van der Waals surface area contributed by atoms with Gasteiger partial charge < -0.3 is 9.52 Å². The summed E-state index contributed by atoms with van der Waals surface area (Å²) in [6, 6.07) is 5.74. The van der Waals surface area contributed by atoms with Crippen molar-refractivity contribution in [2.45, 2.75) is 37.5 Å². The van der Waals surface area contributed by atoms with E-state index in [0.717, 1.165) is 22.6 Å². The summed E-state index contributed by atoms with van der Waals surface area (Å²) >= 11 is 1.72. The van der Waals surface area contributed by atoms with Crippen LogP contribution in [0, 0.1) is 0 Å². The molecule has 0 atom stereocenters. The first-order chi connectivity index (χ1) is 8.97. The van der Waals surface area contributed by atoms with Crippen LogP contribution in [-0.4, -0.2) is 21.1 Å². The Kier molecular flexibility index (Phi) is 4.14. The Bertz CT molecular complexity index is 533. The molecule has 19 heavy (non-hydrogen) atoms. The van der Waals surface area contributed by atoms with E-state index in [2.05, 4.69) is 31.0 Å². The van der Waals surface area contributed by atoms with Crippen molar-refractivity contribution >= 4 is 11.8 Å². The number of aromatic hydroxyl groups is 1. The first-order valence-corrected chi connectivity index (χ1v) is 7.17. The zero-order chi connectivity index (χ0) is 13.9. The monoisotopic (exact) mass is 278 g/mol. The number of phenols is 1. The number of benzene rings is 1. The van der Waals surface area contributed by atoms with Gasteiger partial charge in [-0.25, -0.2) is 0 Å². The third kappa shape index (κ3) is 3.73. The van der Waals surface area contributed by atoms with Crippen LogP contribution in [0.4, 0.5) is 0 Å². The van der Waals surface area contributed by atoms with Gasteiger partial charge in [0.2, 0.25) is 12.3 Å². The molecular formula is C14H18N2O2S. The van der Waals surface area contributed by atoms with Gasteiger partial charge in [-0.15, -0.1) is 22.0 Å². The molecule has 1 N–H and O–H groups in total. The van der Waals surface area contributed by atoms with Crippen LogP contribution in [0.25, 0.3) is 0 Å². The Morgan fingerprint density at radius 3 is 2.74 bits per heavy atom. The molecular weight excluding hydrogens is 260 g/mol. The standard InChI is InChI=1S/C14H18N2O2S/c1-14(2,3)11-8-10(4-5-12(11)17)19-7-6-13-16-15-9-18-13/h4-5,8-9,17H,6-7H2,1-3H3. The summed E-state index contributed by atoms with van der Waals surface area (Å²) in [6.45, 7) is 6.28. The van der Waals surface area contributed by atoms with Crippen LogP contribution < -0.4 is 0 Å². The Hall–Kier alpha value is -1.49. The molecule has 0 fully saturated rings. The Balaban J connectivity index is 2.01. The average Bonchev–Trinajstić information content (AvgIpc) is 2.83. The molecule has 0 amide bonds. The molecule has 0 saturated heterocycles. The number of aryl methyl sites for hydroxylation is 1. The minimum Gasteiger partial charge on any atom is -0.508 e. The fourth-order valence-electron chi connectivity index (χ4n) is 1.77. The topological polar surface area (TPSA) is 59.2 Å². The third-order valence-corrected chi connectivity index (χ3v) is 3.76. The second-order valence-corrected chi connectivity index (χ2v) is 6.53. The Morgan fingerprint density at radius 2 is 2.11 bits per heavy atom. The maximum absolute atomic E-state index is 9.90. The molecule has 5 heteroatoms. The first-order valence-electron chi connectivity index (χ1n) is 6.18. The average molecular weight is 278 g/mol. The lowest BCUT2D eigenvalue weighted by Gasteiger charge is -2.21. The number of hydrogen-bond acceptors (Lipinski definition) is 5. The van der Waals surface area contributed by atoms with Crippen molar-refractivity contribution < 1.29 is 9.52 Å². The molecule has 0 spiro atoms. The highest BCUT2D eigenvalue weighted by molar-refractivity contribution is 7.99. The third-order valence-electron chi connectivity index (χ3n) is 2.77. The highest BCUT2D eigenvalue weighted by atomic mass is 32.2. The van der Waals surface area contributed by atoms with E-state index in [0.29, 0.717) is 11.6 Å². The second kappa shape index (κ2) is 5.65. The van der Waals surface area contributed by atoms with Gasteiger partial charge in [-0.2, -0.15) is 0 Å². The number of nitrogens with zero attached hydrogens (tertiary/aromatic N) is 2. The van der Waals surface area contributed by atoms with Crippen molar-refractivity contribution in [3.8, 4) is 5.75 Å². The molecule has 0 saturated carbocycles. The van der Waals surface area contributed by atoms with Crippen LogP contribution in [0.15, 0.2) is 33.9 Å². The van der Waals surface area contributed by atoms with Gasteiger partial charge in [0.1, 0.15) is 5.75 Å². The lowest BCUT2D eigenvalue weighted by atomic mass is 9.86. The Labute approximate surface area is 117 Å². The van der Waals surface area contributed by atoms with E-state index in [1.807, 2.05) is 12.1 Å². The van der Waals surface area contributed by atoms with Crippen molar-refractivity contribution in [3.63, 3.8) is 0 Å². The summed E-state index contributed by atoms with van der Waals surface area (Å²) in [4.78, 5) is 1.14. The fraction of sp³-hybridized carbons (Fsp3) is 0.429. The predicted molar refractivity (Wildman–Crippen MR) is 75.5 cm³/mol. The molecule has 0 aliphatic heterocycles. The fourth-order valence-corrected chi connectivity index (χ4v) is 2.64. The smallest absolute Gasteiger partial charge is 0.217 e. The minimum absolute atomic E-state index is 0.0624. The molecule has 2 aromatic rings. The molecule has 4 nitrogen and oxygen atoms in total. The van der Waals surface area contributed by atoms with Crippen LogP contribution in [0.3, 0.4) is 0 Å². The van der Waals surface area contributed by atoms with E-state index < -0.39 is 0 Å². The van der Waals surface area contributed by atoms with Crippen LogP contribution in [0.5, 0.6) is 5.75 Å². The molecule has 0 radical (unpaired) electrons. The van der Waals surface area contributed by atoms with E-state index >= 15 is 0 Å². The number of thioether (sulfide) groups is 1. The van der Waals surface area contributed by atoms with Crippen molar-refractivity contribution in [3.05, 3.63) is 36.0 Å². The summed E-state index contributed by atoms with van der Waals surface area (Å²) in [7, 11) is 0. The number of rotatable bonds is 4. The molecule has 2 rings (SSSR count). The molecule has 102 valence electrons. The highest BCUT2D eigenvalue weighted by Crippen LogP contribution is 2.34. The normalized spacial score (nSPS) is 11.7. The summed E-state index contributed by atoms with van der Waals surface area (Å²) in [5, 5.41) is 17.4. The molecule has 0 unspecified atom stereocenters. The van der Waals surface area contributed by atoms with Crippen LogP contribution in [0.2, 0.25) is 0 Å². The quantitative estimate of drug-likeness (QED) is 0.868. The Morgan fingerprint density at radius 1 is 1.32 bits per heavy atom. The minimum atomic E-state index is -0.0624. The number of hydrogen-bond donors (Lipinski definition) is 1. The molecule has 0 bridgehead atoms. The van der Waals surface area contributed by atoms with Gasteiger partial charge in [0.25, 0.3) is 0 Å². The van der Waals surface area contributed by atoms with Crippen molar-refractivity contribution in [2.75, 3.05) is 5.75 Å². The predicted octanol–water partition coefficient (Wildman–Crippen LogP) is 3.41. The van der Waals surface area contributed by atoms with Crippen molar-refractivity contribution in [1.82, 2.24) is 10.2 Å². The molecule has 1 aromatic heterocycles. The second-order valence-electron chi connectivity index (χ2n) is 5.36. The summed E-state index contributed by atoms with van der Waals surface area (Å²) in [5.74, 6) is 1.88. The van der Waals surface area contributed by atoms with Crippen LogP contribution in [0.1, 0.15) is 32.2 Å². The first kappa shape index (κ1) is 13.9. The van der Waals surface area contributed by atoms with Gasteiger partial charge in [0.15, 0.2) is 0 Å². The lowest BCUT2D eigenvalue weighted by molar-refractivity contribution is 0.446. The summed E-state index contributed by atoms with van der Waals surface area (Å²) in [6.07, 6.45) is 2.09. The number of aromatic nitrogens is 2. The van der Waals surface area contributed by atoms with E-state index in [4.69, 9.17) is 4.42 Å². The lowest BCUT2D eigenvalue weighted by Crippen LogP contribution is -2.11. The van der Waals surface area contributed by atoms with Gasteiger partial charge >= 0.3 is 0 Å². The van der Waals surface area contributed by atoms with Gasteiger partial charge in [0.05, 0.1) is 0 Å². The molecule has 1 heterocycles. The van der Waals surface area contributed by atoms with Gasteiger partial charge in [0, 0.05) is 22.6 Å². The zero-order valence-electron chi connectivity index (χ0n) is 11.4. The van der Waals surface area contributed by atoms with Crippen molar-refractivity contribution in [1.29, 1.82) is 0 Å². The van der Waals surface area contributed by atoms with Gasteiger partial charge in [-0.1, -0.05) is 20.8 Å². The molecule has 1 aromatic carbocycles. The van der Waals surface area contributed by atoms with Crippen molar-refractivity contribution in [2.24, 2.45) is 0 Å². The van der Waals surface area contributed by atoms with E-state index in [1.165, 1.54) is 6.39 Å². The maximum atomic E-state index is 9.90. The number of phenolic OH excluding ortho intramolecular Hbond substituents is 1. The molecule has 0 aliphatic carbocycles. The van der Waals surface area contributed by atoms with E-state index in [-0.39, 0.29) is 5.41 Å². The largest absolute Gasteiger partial charge is 0.508 e. The SMILES string of the molecule is CC(C)(C)c1cc(SCCc2nnco2)ccc1O.